The number of hydrogen-bond donors (Lipinski definition) is 1. The second-order valence-electron chi connectivity index (χ2n) is 8.04. The molecule has 0 radical (unpaired) electrons. The highest BCUT2D eigenvalue weighted by molar-refractivity contribution is 7.13. The quantitative estimate of drug-likeness (QED) is 0.875. The molecule has 2 aliphatic carbocycles. The summed E-state index contributed by atoms with van der Waals surface area (Å²) in [6.07, 6.45) is 3.61. The summed E-state index contributed by atoms with van der Waals surface area (Å²) in [4.78, 5) is 17.3. The third-order valence-corrected chi connectivity index (χ3v) is 7.75. The van der Waals surface area contributed by atoms with E-state index in [4.69, 9.17) is 0 Å². The maximum atomic E-state index is 12.7. The number of thiazole rings is 1. The zero-order chi connectivity index (χ0) is 16.9. The van der Waals surface area contributed by atoms with Gasteiger partial charge in [-0.15, -0.1) is 11.3 Å². The lowest BCUT2D eigenvalue weighted by atomic mass is 9.69. The fourth-order valence-electron chi connectivity index (χ4n) is 4.75. The van der Waals surface area contributed by atoms with Gasteiger partial charge in [0.05, 0.1) is 0 Å². The molecule has 0 saturated heterocycles. The van der Waals surface area contributed by atoms with Crippen LogP contribution in [0.4, 0.5) is 0 Å². The molecule has 1 N–H and O–H groups in total. The van der Waals surface area contributed by atoms with Crippen LogP contribution in [0.15, 0.2) is 35.7 Å². The van der Waals surface area contributed by atoms with Crippen molar-refractivity contribution in [2.45, 2.75) is 46.1 Å². The van der Waals surface area contributed by atoms with Crippen molar-refractivity contribution in [1.82, 2.24) is 10.3 Å². The van der Waals surface area contributed by atoms with E-state index in [0.717, 1.165) is 22.9 Å². The molecule has 4 rings (SSSR count). The molecule has 2 aromatic rings. The van der Waals surface area contributed by atoms with Gasteiger partial charge in [-0.25, -0.2) is 4.98 Å². The first-order valence-corrected chi connectivity index (χ1v) is 9.61. The Morgan fingerprint density at radius 1 is 1.25 bits per heavy atom. The summed E-state index contributed by atoms with van der Waals surface area (Å²) in [7, 11) is 0. The minimum absolute atomic E-state index is 0.0250. The molecule has 1 heterocycles. The molecule has 0 aliphatic heterocycles. The third-order valence-electron chi connectivity index (χ3n) is 6.86. The van der Waals surface area contributed by atoms with Gasteiger partial charge in [0.15, 0.2) is 0 Å². The van der Waals surface area contributed by atoms with Gasteiger partial charge in [-0.2, -0.15) is 0 Å². The van der Waals surface area contributed by atoms with Crippen molar-refractivity contribution >= 4 is 17.2 Å². The van der Waals surface area contributed by atoms with Crippen LogP contribution in [0.25, 0.3) is 10.6 Å². The average molecular weight is 340 g/mol. The summed E-state index contributed by atoms with van der Waals surface area (Å²) in [6.45, 7) is 7.09. The van der Waals surface area contributed by atoms with Gasteiger partial charge < -0.3 is 5.32 Å². The topological polar surface area (TPSA) is 42.0 Å². The monoisotopic (exact) mass is 340 g/mol. The second kappa shape index (κ2) is 5.41. The summed E-state index contributed by atoms with van der Waals surface area (Å²) in [5.74, 6) is 0.700. The summed E-state index contributed by atoms with van der Waals surface area (Å²) in [6, 6.07) is 10.3. The second-order valence-corrected chi connectivity index (χ2v) is 8.90. The largest absolute Gasteiger partial charge is 0.347 e. The fraction of sp³-hybridized carbons (Fsp3) is 0.500. The minimum atomic E-state index is -0.0250. The van der Waals surface area contributed by atoms with Gasteiger partial charge in [0.2, 0.25) is 0 Å². The summed E-state index contributed by atoms with van der Waals surface area (Å²) >= 11 is 1.53. The van der Waals surface area contributed by atoms with E-state index in [1.165, 1.54) is 24.2 Å². The van der Waals surface area contributed by atoms with Crippen LogP contribution in [0.1, 0.15) is 50.5 Å². The Bertz CT molecular complexity index is 767. The van der Waals surface area contributed by atoms with Gasteiger partial charge in [-0.05, 0) is 36.0 Å². The van der Waals surface area contributed by atoms with Gasteiger partial charge >= 0.3 is 0 Å². The standard InChI is InChI=1S/C20H24N2OS/c1-19(2)14-9-10-20(19,3)16(11-14)22-17(23)15-12-24-18(21-15)13-7-5-4-6-8-13/h4-8,12,14,16H,9-11H2,1-3H3,(H,22,23)/t14-,16-,20+/m1/s1. The van der Waals surface area contributed by atoms with Crippen molar-refractivity contribution in [2.24, 2.45) is 16.7 Å². The number of benzene rings is 1. The van der Waals surface area contributed by atoms with E-state index in [0.29, 0.717) is 11.1 Å². The molecule has 1 aromatic carbocycles. The molecule has 3 atom stereocenters. The molecule has 2 saturated carbocycles. The van der Waals surface area contributed by atoms with Crippen molar-refractivity contribution in [3.63, 3.8) is 0 Å². The van der Waals surface area contributed by atoms with Gasteiger partial charge in [0.1, 0.15) is 10.7 Å². The lowest BCUT2D eigenvalue weighted by Gasteiger charge is -2.39. The third kappa shape index (κ3) is 2.23. The molecule has 0 unspecified atom stereocenters. The number of hydrogen-bond acceptors (Lipinski definition) is 3. The Labute approximate surface area is 147 Å². The lowest BCUT2D eigenvalue weighted by molar-refractivity contribution is 0.0822. The number of nitrogens with zero attached hydrogens (tertiary/aromatic N) is 1. The molecular formula is C20H24N2OS. The number of rotatable bonds is 3. The first kappa shape index (κ1) is 15.8. The van der Waals surface area contributed by atoms with Crippen LogP contribution in [0, 0.1) is 16.7 Å². The molecule has 2 aliphatic rings. The van der Waals surface area contributed by atoms with Crippen molar-refractivity contribution in [3.05, 3.63) is 41.4 Å². The Kier molecular flexibility index (Phi) is 3.57. The summed E-state index contributed by atoms with van der Waals surface area (Å²) in [5.41, 5.74) is 2.12. The van der Waals surface area contributed by atoms with Crippen molar-refractivity contribution < 1.29 is 4.79 Å². The molecule has 1 aromatic heterocycles. The highest BCUT2D eigenvalue weighted by atomic mass is 32.1. The van der Waals surface area contributed by atoms with Crippen molar-refractivity contribution in [1.29, 1.82) is 0 Å². The maximum absolute atomic E-state index is 12.7. The lowest BCUT2D eigenvalue weighted by Crippen LogP contribution is -2.46. The van der Waals surface area contributed by atoms with E-state index < -0.39 is 0 Å². The number of nitrogens with one attached hydrogen (secondary N) is 1. The molecule has 3 nitrogen and oxygen atoms in total. The first-order valence-electron chi connectivity index (χ1n) is 8.73. The Morgan fingerprint density at radius 2 is 2.00 bits per heavy atom. The van der Waals surface area contributed by atoms with E-state index in [9.17, 15) is 4.79 Å². The van der Waals surface area contributed by atoms with Gasteiger partial charge in [0.25, 0.3) is 5.91 Å². The van der Waals surface area contributed by atoms with Crippen LogP contribution in [0.3, 0.4) is 0 Å². The smallest absolute Gasteiger partial charge is 0.271 e. The van der Waals surface area contributed by atoms with Crippen molar-refractivity contribution in [2.75, 3.05) is 0 Å². The predicted molar refractivity (Wildman–Crippen MR) is 98.0 cm³/mol. The maximum Gasteiger partial charge on any atom is 0.271 e. The number of aromatic nitrogens is 1. The number of fused-ring (bicyclic) bond motifs is 2. The zero-order valence-corrected chi connectivity index (χ0v) is 15.3. The van der Waals surface area contributed by atoms with Crippen LogP contribution in [0.5, 0.6) is 0 Å². The Hall–Kier alpha value is -1.68. The molecule has 1 amide bonds. The SMILES string of the molecule is CC1(C)[C@@H]2CC[C@@]1(C)[C@H](NC(=O)c1csc(-c3ccccc3)n1)C2. The van der Waals surface area contributed by atoms with E-state index in [1.54, 1.807) is 0 Å². The highest BCUT2D eigenvalue weighted by Gasteiger charge is 2.61. The fourth-order valence-corrected chi connectivity index (χ4v) is 5.55. The number of carbonyl (C=O) groups excluding carboxylic acids is 1. The van der Waals surface area contributed by atoms with Crippen LogP contribution in [-0.2, 0) is 0 Å². The Morgan fingerprint density at radius 3 is 2.62 bits per heavy atom. The summed E-state index contributed by atoms with van der Waals surface area (Å²) in [5, 5.41) is 6.07. The van der Waals surface area contributed by atoms with Crippen LogP contribution in [0.2, 0.25) is 0 Å². The summed E-state index contributed by atoms with van der Waals surface area (Å²) < 4.78 is 0. The van der Waals surface area contributed by atoms with E-state index >= 15 is 0 Å². The van der Waals surface area contributed by atoms with Crippen LogP contribution < -0.4 is 5.32 Å². The van der Waals surface area contributed by atoms with Gasteiger partial charge in [0, 0.05) is 17.0 Å². The molecule has 0 spiro atoms. The Balaban J connectivity index is 1.51. The first-order chi connectivity index (χ1) is 11.4. The molecule has 2 fully saturated rings. The highest BCUT2D eigenvalue weighted by Crippen LogP contribution is 2.65. The average Bonchev–Trinajstić information content (AvgIpc) is 3.19. The molecule has 4 heteroatoms. The number of carbonyl (C=O) groups is 1. The van der Waals surface area contributed by atoms with Crippen LogP contribution >= 0.6 is 11.3 Å². The normalized spacial score (nSPS) is 30.5. The van der Waals surface area contributed by atoms with E-state index in [-0.39, 0.29) is 17.4 Å². The number of amides is 1. The molecule has 126 valence electrons. The predicted octanol–water partition coefficient (Wildman–Crippen LogP) is 4.75. The zero-order valence-electron chi connectivity index (χ0n) is 14.5. The molecular weight excluding hydrogens is 316 g/mol. The minimum Gasteiger partial charge on any atom is -0.347 e. The van der Waals surface area contributed by atoms with E-state index in [2.05, 4.69) is 31.1 Å². The van der Waals surface area contributed by atoms with Gasteiger partial charge in [-0.3, -0.25) is 4.79 Å². The van der Waals surface area contributed by atoms with Crippen LogP contribution in [-0.4, -0.2) is 16.9 Å². The van der Waals surface area contributed by atoms with Gasteiger partial charge in [-0.1, -0.05) is 51.1 Å². The molecule has 24 heavy (non-hydrogen) atoms. The molecule has 2 bridgehead atoms. The van der Waals surface area contributed by atoms with E-state index in [1.807, 2.05) is 35.7 Å². The van der Waals surface area contributed by atoms with Crippen molar-refractivity contribution in [3.8, 4) is 10.6 Å².